The minimum absolute atomic E-state index is 0.0226. The number of hydrogen-bond acceptors (Lipinski definition) is 7. The minimum Gasteiger partial charge on any atom is -0.453 e. The Balaban J connectivity index is 1.25. The standard InChI is InChI=1S/C35H41N3O6S/c1-24-10-9-15-30(25(24)2)37-32(39)29-18-16-26(17-19-29)20-36-33(40)31(38-34(41)43-21-27-11-5-3-6-12-27)23-45-35(42)44-22-28-13-7-4-8-14-28/h3-15,26,29,31H,16-23H2,1-2H3,(H,36,40)(H,37,39)(H,38,41)/t26?,29?,31-/m0/s1. The van der Waals surface area contributed by atoms with Crippen molar-refractivity contribution >= 4 is 40.7 Å². The molecular formula is C35H41N3O6S. The van der Waals surface area contributed by atoms with E-state index in [1.54, 1.807) is 0 Å². The number of amides is 3. The van der Waals surface area contributed by atoms with Crippen LogP contribution in [0, 0.1) is 25.7 Å². The number of rotatable bonds is 12. The molecule has 0 saturated heterocycles. The number of hydrogen-bond donors (Lipinski definition) is 3. The lowest BCUT2D eigenvalue weighted by molar-refractivity contribution is -0.123. The van der Waals surface area contributed by atoms with Crippen LogP contribution in [0.5, 0.6) is 0 Å². The Bertz CT molecular complexity index is 1430. The van der Waals surface area contributed by atoms with Crippen molar-refractivity contribution in [1.29, 1.82) is 0 Å². The first-order valence-corrected chi connectivity index (χ1v) is 16.2. The van der Waals surface area contributed by atoms with Crippen LogP contribution in [0.25, 0.3) is 0 Å². The van der Waals surface area contributed by atoms with E-state index < -0.39 is 23.3 Å². The fraction of sp³-hybridized carbons (Fsp3) is 0.371. The van der Waals surface area contributed by atoms with E-state index in [1.165, 1.54) is 0 Å². The number of carbonyl (C=O) groups is 4. The van der Waals surface area contributed by atoms with Gasteiger partial charge in [0.2, 0.25) is 11.8 Å². The van der Waals surface area contributed by atoms with Crippen molar-refractivity contribution in [2.45, 2.75) is 58.8 Å². The Morgan fingerprint density at radius 1 is 0.800 bits per heavy atom. The number of anilines is 1. The van der Waals surface area contributed by atoms with Gasteiger partial charge in [0.1, 0.15) is 19.3 Å². The maximum absolute atomic E-state index is 13.2. The number of ether oxygens (including phenoxy) is 2. The molecule has 10 heteroatoms. The molecule has 0 heterocycles. The third-order valence-electron chi connectivity index (χ3n) is 8.03. The quantitative estimate of drug-likeness (QED) is 0.194. The van der Waals surface area contributed by atoms with Crippen molar-refractivity contribution in [2.24, 2.45) is 11.8 Å². The SMILES string of the molecule is Cc1cccc(NC(=O)C2CCC(CNC(=O)[C@H](CSC(=O)OCc3ccccc3)NC(=O)OCc3ccccc3)CC2)c1C. The molecule has 3 aromatic rings. The van der Waals surface area contributed by atoms with Crippen molar-refractivity contribution in [1.82, 2.24) is 10.6 Å². The molecule has 3 aromatic carbocycles. The van der Waals surface area contributed by atoms with Crippen molar-refractivity contribution in [3.05, 3.63) is 101 Å². The second kappa shape index (κ2) is 17.2. The van der Waals surface area contributed by atoms with Crippen LogP contribution in [0.15, 0.2) is 78.9 Å². The number of thioether (sulfide) groups is 1. The van der Waals surface area contributed by atoms with Gasteiger partial charge in [-0.1, -0.05) is 72.8 Å². The Kier molecular flexibility index (Phi) is 12.9. The second-order valence-electron chi connectivity index (χ2n) is 11.3. The zero-order chi connectivity index (χ0) is 32.0. The van der Waals surface area contributed by atoms with Crippen molar-refractivity contribution in [2.75, 3.05) is 17.6 Å². The van der Waals surface area contributed by atoms with Crippen LogP contribution < -0.4 is 16.0 Å². The molecule has 1 saturated carbocycles. The molecule has 0 unspecified atom stereocenters. The zero-order valence-corrected chi connectivity index (χ0v) is 26.6. The zero-order valence-electron chi connectivity index (χ0n) is 25.8. The van der Waals surface area contributed by atoms with Crippen LogP contribution in [0.3, 0.4) is 0 Å². The second-order valence-corrected chi connectivity index (χ2v) is 12.2. The average Bonchev–Trinajstić information content (AvgIpc) is 3.06. The van der Waals surface area contributed by atoms with Crippen LogP contribution in [0.1, 0.15) is 47.9 Å². The fourth-order valence-electron chi connectivity index (χ4n) is 5.12. The molecule has 1 atom stereocenters. The van der Waals surface area contributed by atoms with E-state index in [2.05, 4.69) is 16.0 Å². The highest BCUT2D eigenvalue weighted by Gasteiger charge is 2.29. The van der Waals surface area contributed by atoms with Gasteiger partial charge < -0.3 is 25.4 Å². The maximum atomic E-state index is 13.2. The smallest absolute Gasteiger partial charge is 0.408 e. The first kappa shape index (κ1) is 33.6. The molecule has 45 heavy (non-hydrogen) atoms. The van der Waals surface area contributed by atoms with E-state index in [1.807, 2.05) is 92.7 Å². The summed E-state index contributed by atoms with van der Waals surface area (Å²) in [5, 5.41) is 8.07. The third-order valence-corrected chi connectivity index (χ3v) is 8.89. The summed E-state index contributed by atoms with van der Waals surface area (Å²) in [7, 11) is 0. The van der Waals surface area contributed by atoms with Gasteiger partial charge in [0, 0.05) is 23.9 Å². The van der Waals surface area contributed by atoms with Gasteiger partial charge >= 0.3 is 11.4 Å². The maximum Gasteiger partial charge on any atom is 0.408 e. The molecule has 3 N–H and O–H groups in total. The van der Waals surface area contributed by atoms with Gasteiger partial charge in [-0.15, -0.1) is 0 Å². The minimum atomic E-state index is -1.01. The molecule has 0 aromatic heterocycles. The van der Waals surface area contributed by atoms with Gasteiger partial charge in [-0.3, -0.25) is 9.59 Å². The molecule has 3 amide bonds. The molecule has 1 aliphatic carbocycles. The van der Waals surface area contributed by atoms with Gasteiger partial charge in [-0.25, -0.2) is 9.59 Å². The van der Waals surface area contributed by atoms with Crippen LogP contribution in [-0.2, 0) is 32.3 Å². The lowest BCUT2D eigenvalue weighted by Crippen LogP contribution is -2.49. The van der Waals surface area contributed by atoms with Crippen molar-refractivity contribution < 1.29 is 28.7 Å². The number of nitrogens with one attached hydrogen (secondary N) is 3. The number of benzene rings is 3. The molecule has 238 valence electrons. The lowest BCUT2D eigenvalue weighted by atomic mass is 9.81. The molecule has 0 radical (unpaired) electrons. The predicted molar refractivity (Wildman–Crippen MR) is 176 cm³/mol. The van der Waals surface area contributed by atoms with E-state index in [-0.39, 0.29) is 36.7 Å². The summed E-state index contributed by atoms with van der Waals surface area (Å²) < 4.78 is 10.6. The molecule has 1 aliphatic rings. The fourth-order valence-corrected chi connectivity index (χ4v) is 5.80. The van der Waals surface area contributed by atoms with Gasteiger partial charge in [0.25, 0.3) is 0 Å². The molecule has 4 rings (SSSR count). The van der Waals surface area contributed by atoms with Crippen LogP contribution in [0.4, 0.5) is 15.3 Å². The van der Waals surface area contributed by atoms with E-state index in [0.717, 1.165) is 65.4 Å². The number of carbonyl (C=O) groups excluding carboxylic acids is 4. The highest BCUT2D eigenvalue weighted by Crippen LogP contribution is 2.30. The Labute approximate surface area is 268 Å². The summed E-state index contributed by atoms with van der Waals surface area (Å²) in [6, 6.07) is 23.4. The molecule has 0 aliphatic heterocycles. The summed E-state index contributed by atoms with van der Waals surface area (Å²) in [5.41, 5.74) is 4.70. The molecular weight excluding hydrogens is 590 g/mol. The average molecular weight is 632 g/mol. The number of alkyl carbamates (subject to hydrolysis) is 1. The molecule has 1 fully saturated rings. The Morgan fingerprint density at radius 3 is 2.07 bits per heavy atom. The van der Waals surface area contributed by atoms with E-state index >= 15 is 0 Å². The predicted octanol–water partition coefficient (Wildman–Crippen LogP) is 6.53. The van der Waals surface area contributed by atoms with Crippen molar-refractivity contribution in [3.8, 4) is 0 Å². The van der Waals surface area contributed by atoms with Gasteiger partial charge in [0.15, 0.2) is 0 Å². The van der Waals surface area contributed by atoms with Gasteiger partial charge in [0.05, 0.1) is 0 Å². The first-order valence-electron chi connectivity index (χ1n) is 15.2. The van der Waals surface area contributed by atoms with E-state index in [4.69, 9.17) is 9.47 Å². The van der Waals surface area contributed by atoms with Crippen LogP contribution >= 0.6 is 11.8 Å². The number of aryl methyl sites for hydroxylation is 1. The third kappa shape index (κ3) is 11.0. The van der Waals surface area contributed by atoms with Crippen LogP contribution in [-0.4, -0.2) is 41.5 Å². The highest BCUT2D eigenvalue weighted by molar-refractivity contribution is 8.13. The first-order chi connectivity index (χ1) is 21.8. The summed E-state index contributed by atoms with van der Waals surface area (Å²) in [6.07, 6.45) is 2.29. The van der Waals surface area contributed by atoms with E-state index in [9.17, 15) is 19.2 Å². The van der Waals surface area contributed by atoms with Crippen molar-refractivity contribution in [3.63, 3.8) is 0 Å². The summed E-state index contributed by atoms with van der Waals surface area (Å²) in [5.74, 6) is -0.284. The molecule has 9 nitrogen and oxygen atoms in total. The Morgan fingerprint density at radius 2 is 1.42 bits per heavy atom. The molecule has 0 bridgehead atoms. The monoisotopic (exact) mass is 631 g/mol. The van der Waals surface area contributed by atoms with E-state index in [0.29, 0.717) is 6.54 Å². The van der Waals surface area contributed by atoms with Gasteiger partial charge in [-0.05, 0) is 85.5 Å². The molecule has 0 spiro atoms. The highest BCUT2D eigenvalue weighted by atomic mass is 32.2. The summed E-state index contributed by atoms with van der Waals surface area (Å²) >= 11 is 0.819. The normalized spacial score (nSPS) is 16.6. The van der Waals surface area contributed by atoms with Crippen LogP contribution in [0.2, 0.25) is 0 Å². The summed E-state index contributed by atoms with van der Waals surface area (Å²) in [4.78, 5) is 51.1. The topological polar surface area (TPSA) is 123 Å². The lowest BCUT2D eigenvalue weighted by Gasteiger charge is -2.28. The summed E-state index contributed by atoms with van der Waals surface area (Å²) in [6.45, 7) is 4.59. The van der Waals surface area contributed by atoms with Gasteiger partial charge in [-0.2, -0.15) is 0 Å². The largest absolute Gasteiger partial charge is 0.453 e. The Hall–Kier alpha value is -4.31.